The van der Waals surface area contributed by atoms with Crippen molar-refractivity contribution in [1.82, 2.24) is 9.97 Å². The third-order valence-corrected chi connectivity index (χ3v) is 1.87. The molecule has 0 spiro atoms. The number of carbonyl (C=O) groups is 2. The molecule has 1 aromatic heterocycles. The van der Waals surface area contributed by atoms with Crippen LogP contribution in [-0.4, -0.2) is 41.0 Å². The number of carbonyl (C=O) groups excluding carboxylic acids is 1. The van der Waals surface area contributed by atoms with Gasteiger partial charge in [-0.25, -0.2) is 0 Å². The SMILES string of the molecule is CNc1nc(N)[nH]c(=O)c1N(C=O)CC(=O)O. The molecule has 1 heterocycles. The van der Waals surface area contributed by atoms with E-state index in [2.05, 4.69) is 15.3 Å². The Bertz CT molecular complexity index is 497. The molecule has 0 aliphatic carbocycles. The summed E-state index contributed by atoms with van der Waals surface area (Å²) >= 11 is 0. The second-order valence-corrected chi connectivity index (χ2v) is 3.03. The summed E-state index contributed by atoms with van der Waals surface area (Å²) in [4.78, 5) is 39.6. The van der Waals surface area contributed by atoms with E-state index in [-0.39, 0.29) is 23.9 Å². The molecule has 1 aromatic rings. The smallest absolute Gasteiger partial charge is 0.323 e. The summed E-state index contributed by atoms with van der Waals surface area (Å²) < 4.78 is 0. The number of nitrogen functional groups attached to an aromatic ring is 1. The fourth-order valence-electron chi connectivity index (χ4n) is 1.24. The van der Waals surface area contributed by atoms with Crippen molar-refractivity contribution in [2.45, 2.75) is 0 Å². The van der Waals surface area contributed by atoms with Gasteiger partial charge in [-0.05, 0) is 0 Å². The summed E-state index contributed by atoms with van der Waals surface area (Å²) in [5.41, 5.74) is 4.42. The number of nitrogens with two attached hydrogens (primary N) is 1. The Hall–Kier alpha value is -2.58. The first kappa shape index (κ1) is 12.5. The molecule has 9 heteroatoms. The number of hydrogen-bond acceptors (Lipinski definition) is 6. The van der Waals surface area contributed by atoms with Gasteiger partial charge >= 0.3 is 5.97 Å². The Morgan fingerprint density at radius 3 is 2.82 bits per heavy atom. The predicted molar refractivity (Wildman–Crippen MR) is 59.9 cm³/mol. The molecule has 0 aliphatic heterocycles. The van der Waals surface area contributed by atoms with Crippen LogP contribution in [0.25, 0.3) is 0 Å². The van der Waals surface area contributed by atoms with Crippen LogP contribution in [0.5, 0.6) is 0 Å². The lowest BCUT2D eigenvalue weighted by Gasteiger charge is -2.16. The molecule has 9 nitrogen and oxygen atoms in total. The number of carboxylic acid groups (broad SMARTS) is 1. The van der Waals surface area contributed by atoms with Crippen molar-refractivity contribution in [3.8, 4) is 0 Å². The average Bonchev–Trinajstić information content (AvgIpc) is 2.25. The number of amides is 1. The van der Waals surface area contributed by atoms with Gasteiger partial charge in [0, 0.05) is 7.05 Å². The summed E-state index contributed by atoms with van der Waals surface area (Å²) in [6.07, 6.45) is 0.234. The van der Waals surface area contributed by atoms with Crippen molar-refractivity contribution in [3.63, 3.8) is 0 Å². The topological polar surface area (TPSA) is 141 Å². The summed E-state index contributed by atoms with van der Waals surface area (Å²) in [5, 5.41) is 11.2. The van der Waals surface area contributed by atoms with Gasteiger partial charge in [-0.3, -0.25) is 24.3 Å². The molecule has 0 bridgehead atoms. The van der Waals surface area contributed by atoms with Crippen LogP contribution >= 0.6 is 0 Å². The highest BCUT2D eigenvalue weighted by molar-refractivity contribution is 5.88. The zero-order chi connectivity index (χ0) is 13.0. The van der Waals surface area contributed by atoms with Gasteiger partial charge in [0.15, 0.2) is 11.5 Å². The molecule has 0 unspecified atom stereocenters. The van der Waals surface area contributed by atoms with E-state index in [1.165, 1.54) is 7.05 Å². The Kier molecular flexibility index (Phi) is 3.65. The van der Waals surface area contributed by atoms with Crippen LogP contribution in [0.2, 0.25) is 0 Å². The second-order valence-electron chi connectivity index (χ2n) is 3.03. The van der Waals surface area contributed by atoms with Crippen molar-refractivity contribution in [2.24, 2.45) is 0 Å². The lowest BCUT2D eigenvalue weighted by Crippen LogP contribution is -2.34. The highest BCUT2D eigenvalue weighted by Crippen LogP contribution is 2.17. The quantitative estimate of drug-likeness (QED) is 0.457. The van der Waals surface area contributed by atoms with Gasteiger partial charge in [0.1, 0.15) is 6.54 Å². The summed E-state index contributed by atoms with van der Waals surface area (Å²) in [6, 6.07) is 0. The molecule has 1 rings (SSSR count). The number of rotatable bonds is 5. The molecule has 0 aromatic carbocycles. The maximum atomic E-state index is 11.6. The first-order chi connectivity index (χ1) is 7.99. The van der Waals surface area contributed by atoms with E-state index in [1.807, 2.05) is 0 Å². The Morgan fingerprint density at radius 1 is 1.71 bits per heavy atom. The van der Waals surface area contributed by atoms with E-state index in [4.69, 9.17) is 10.8 Å². The van der Waals surface area contributed by atoms with Crippen molar-refractivity contribution >= 4 is 29.8 Å². The molecule has 0 saturated heterocycles. The molecule has 0 saturated carbocycles. The summed E-state index contributed by atoms with van der Waals surface area (Å²) in [6.45, 7) is -0.646. The molecule has 0 fully saturated rings. The number of hydrogen-bond donors (Lipinski definition) is 4. The van der Waals surface area contributed by atoms with E-state index in [1.54, 1.807) is 0 Å². The number of aromatic amines is 1. The number of carboxylic acids is 1. The minimum absolute atomic E-state index is 0.0274. The Morgan fingerprint density at radius 2 is 2.35 bits per heavy atom. The number of aliphatic carboxylic acids is 1. The van der Waals surface area contributed by atoms with Gasteiger partial charge in [-0.2, -0.15) is 4.98 Å². The van der Waals surface area contributed by atoms with Gasteiger partial charge in [0.25, 0.3) is 5.56 Å². The van der Waals surface area contributed by atoms with Crippen LogP contribution < -0.4 is 21.5 Å². The van der Waals surface area contributed by atoms with E-state index in [0.717, 1.165) is 4.90 Å². The fourth-order valence-corrected chi connectivity index (χ4v) is 1.24. The van der Waals surface area contributed by atoms with Crippen LogP contribution in [0.4, 0.5) is 17.5 Å². The van der Waals surface area contributed by atoms with Gasteiger partial charge in [0.05, 0.1) is 0 Å². The molecule has 0 atom stereocenters. The van der Waals surface area contributed by atoms with Crippen molar-refractivity contribution in [3.05, 3.63) is 10.4 Å². The number of anilines is 3. The standard InChI is InChI=1S/C8H11N5O4/c1-10-6-5(7(17)12-8(9)11-6)13(3-14)2-4(15)16/h3H,2H2,1H3,(H,15,16)(H4,9,10,11,12,17). The lowest BCUT2D eigenvalue weighted by molar-refractivity contribution is -0.136. The van der Waals surface area contributed by atoms with Crippen molar-refractivity contribution < 1.29 is 14.7 Å². The minimum atomic E-state index is -1.25. The molecule has 0 radical (unpaired) electrons. The Labute approximate surface area is 95.3 Å². The molecule has 1 amide bonds. The lowest BCUT2D eigenvalue weighted by atomic mass is 10.4. The largest absolute Gasteiger partial charge is 0.480 e. The summed E-state index contributed by atoms with van der Waals surface area (Å²) in [7, 11) is 1.47. The molecular formula is C8H11N5O4. The first-order valence-electron chi connectivity index (χ1n) is 4.51. The van der Waals surface area contributed by atoms with Crippen molar-refractivity contribution in [1.29, 1.82) is 0 Å². The zero-order valence-electron chi connectivity index (χ0n) is 8.93. The highest BCUT2D eigenvalue weighted by Gasteiger charge is 2.19. The maximum Gasteiger partial charge on any atom is 0.323 e. The van der Waals surface area contributed by atoms with E-state index in [0.29, 0.717) is 0 Å². The van der Waals surface area contributed by atoms with Crippen LogP contribution in [0.3, 0.4) is 0 Å². The van der Waals surface area contributed by atoms with Gasteiger partial charge < -0.3 is 16.2 Å². The summed E-state index contributed by atoms with van der Waals surface area (Å²) in [5.74, 6) is -1.36. The van der Waals surface area contributed by atoms with Crippen molar-refractivity contribution in [2.75, 3.05) is 29.5 Å². The predicted octanol–water partition coefficient (Wildman–Crippen LogP) is -1.56. The van der Waals surface area contributed by atoms with E-state index < -0.39 is 18.1 Å². The van der Waals surface area contributed by atoms with Crippen LogP contribution in [-0.2, 0) is 9.59 Å². The molecule has 5 N–H and O–H groups in total. The van der Waals surface area contributed by atoms with Crippen LogP contribution in [0.1, 0.15) is 0 Å². The number of aromatic nitrogens is 2. The number of nitrogens with zero attached hydrogens (tertiary/aromatic N) is 2. The maximum absolute atomic E-state index is 11.6. The normalized spacial score (nSPS) is 9.71. The Balaban J connectivity index is 3.31. The fraction of sp³-hybridized carbons (Fsp3) is 0.250. The monoisotopic (exact) mass is 241 g/mol. The third kappa shape index (κ3) is 2.71. The van der Waals surface area contributed by atoms with Gasteiger partial charge in [0.2, 0.25) is 12.4 Å². The molecular weight excluding hydrogens is 230 g/mol. The van der Waals surface area contributed by atoms with Crippen LogP contribution in [0.15, 0.2) is 4.79 Å². The molecule has 0 aliphatic rings. The average molecular weight is 241 g/mol. The highest BCUT2D eigenvalue weighted by atomic mass is 16.4. The number of H-pyrrole nitrogens is 1. The van der Waals surface area contributed by atoms with E-state index in [9.17, 15) is 14.4 Å². The third-order valence-electron chi connectivity index (χ3n) is 1.87. The van der Waals surface area contributed by atoms with Gasteiger partial charge in [-0.1, -0.05) is 0 Å². The first-order valence-corrected chi connectivity index (χ1v) is 4.51. The minimum Gasteiger partial charge on any atom is -0.480 e. The van der Waals surface area contributed by atoms with Crippen LogP contribution in [0, 0.1) is 0 Å². The zero-order valence-corrected chi connectivity index (χ0v) is 8.93. The molecule has 17 heavy (non-hydrogen) atoms. The molecule has 92 valence electrons. The van der Waals surface area contributed by atoms with Gasteiger partial charge in [-0.15, -0.1) is 0 Å². The van der Waals surface area contributed by atoms with E-state index >= 15 is 0 Å². The number of nitrogens with one attached hydrogen (secondary N) is 2. The second kappa shape index (κ2) is 4.96.